The quantitative estimate of drug-likeness (QED) is 0.519. The smallest absolute Gasteiger partial charge is 0.231 e. The number of nitrogens with zero attached hydrogens (tertiary/aromatic N) is 1. The van der Waals surface area contributed by atoms with Gasteiger partial charge in [-0.3, -0.25) is 4.72 Å². The van der Waals surface area contributed by atoms with Gasteiger partial charge in [-0.1, -0.05) is 23.2 Å². The molecule has 16 heavy (non-hydrogen) atoms. The minimum absolute atomic E-state index is 0.263. The molecule has 0 aliphatic carbocycles. The van der Waals surface area contributed by atoms with Gasteiger partial charge in [-0.25, -0.2) is 13.4 Å². The van der Waals surface area contributed by atoms with E-state index in [-0.39, 0.29) is 5.29 Å². The lowest BCUT2D eigenvalue weighted by atomic mass is 10.3. The van der Waals surface area contributed by atoms with E-state index in [1.54, 1.807) is 6.07 Å². The Labute approximate surface area is 108 Å². The van der Waals surface area contributed by atoms with Gasteiger partial charge in [0.25, 0.3) is 0 Å². The standard InChI is InChI=1S/C8H7Cl3N2O2S/c1-16(14,15)13-8(11)12-5-2-3-6(9)7(10)4-5/h2-4H,1H3,(H,12,13). The van der Waals surface area contributed by atoms with E-state index in [2.05, 4.69) is 4.99 Å². The van der Waals surface area contributed by atoms with Crippen molar-refractivity contribution in [2.45, 2.75) is 0 Å². The van der Waals surface area contributed by atoms with Crippen molar-refractivity contribution in [2.75, 3.05) is 6.26 Å². The lowest BCUT2D eigenvalue weighted by molar-refractivity contribution is 0.599. The zero-order chi connectivity index (χ0) is 12.3. The maximum atomic E-state index is 10.8. The van der Waals surface area contributed by atoms with E-state index in [0.29, 0.717) is 15.7 Å². The zero-order valence-electron chi connectivity index (χ0n) is 8.04. The summed E-state index contributed by atoms with van der Waals surface area (Å²) in [6.45, 7) is 0. The molecule has 8 heteroatoms. The van der Waals surface area contributed by atoms with Gasteiger partial charge in [-0.05, 0) is 29.8 Å². The predicted octanol–water partition coefficient (Wildman–Crippen LogP) is 2.77. The molecule has 4 nitrogen and oxygen atoms in total. The number of sulfonamides is 1. The van der Waals surface area contributed by atoms with Crippen molar-refractivity contribution in [3.63, 3.8) is 0 Å². The fraction of sp³-hybridized carbons (Fsp3) is 0.125. The minimum Gasteiger partial charge on any atom is -0.258 e. The largest absolute Gasteiger partial charge is 0.258 e. The first-order chi connectivity index (χ1) is 7.28. The third kappa shape index (κ3) is 4.57. The number of hydrogen-bond acceptors (Lipinski definition) is 3. The van der Waals surface area contributed by atoms with Gasteiger partial charge >= 0.3 is 0 Å². The second-order valence-electron chi connectivity index (χ2n) is 2.88. The highest BCUT2D eigenvalue weighted by Crippen LogP contribution is 2.26. The van der Waals surface area contributed by atoms with Gasteiger partial charge in [0.15, 0.2) is 0 Å². The van der Waals surface area contributed by atoms with Gasteiger partial charge in [0.05, 0.1) is 22.0 Å². The van der Waals surface area contributed by atoms with Crippen molar-refractivity contribution < 1.29 is 8.42 Å². The number of hydrogen-bond donors (Lipinski definition) is 1. The molecule has 0 amide bonds. The molecule has 0 bridgehead atoms. The Morgan fingerprint density at radius 2 is 1.94 bits per heavy atom. The Morgan fingerprint density at radius 3 is 2.44 bits per heavy atom. The van der Waals surface area contributed by atoms with Crippen LogP contribution in [0.2, 0.25) is 10.0 Å². The van der Waals surface area contributed by atoms with E-state index in [1.807, 2.05) is 4.72 Å². The van der Waals surface area contributed by atoms with E-state index in [4.69, 9.17) is 34.8 Å². The van der Waals surface area contributed by atoms with Gasteiger partial charge in [0.1, 0.15) is 0 Å². The highest BCUT2D eigenvalue weighted by Gasteiger charge is 2.04. The number of halogens is 3. The lowest BCUT2D eigenvalue weighted by Crippen LogP contribution is -2.25. The number of nitrogens with one attached hydrogen (secondary N) is 1. The molecular weight excluding hydrogens is 295 g/mol. The SMILES string of the molecule is CS(=O)(=O)N/C(Cl)=N/c1ccc(Cl)c(Cl)c1. The normalized spacial score (nSPS) is 12.6. The maximum Gasteiger partial charge on any atom is 0.231 e. The third-order valence-corrected chi connectivity index (χ3v) is 2.99. The van der Waals surface area contributed by atoms with Crippen molar-refractivity contribution in [2.24, 2.45) is 4.99 Å². The third-order valence-electron chi connectivity index (χ3n) is 1.40. The molecule has 0 saturated heterocycles. The molecule has 0 atom stereocenters. The van der Waals surface area contributed by atoms with Crippen LogP contribution >= 0.6 is 34.8 Å². The van der Waals surface area contributed by atoms with Crippen LogP contribution in [0.3, 0.4) is 0 Å². The van der Waals surface area contributed by atoms with Crippen LogP contribution in [-0.2, 0) is 10.0 Å². The summed E-state index contributed by atoms with van der Waals surface area (Å²) in [4.78, 5) is 3.80. The molecule has 0 saturated carbocycles. The number of amidine groups is 1. The molecule has 1 rings (SSSR count). The summed E-state index contributed by atoms with van der Waals surface area (Å²) in [5, 5.41) is 0.431. The van der Waals surface area contributed by atoms with Crippen LogP contribution in [0.15, 0.2) is 23.2 Å². The first-order valence-corrected chi connectivity index (χ1v) is 6.97. The average Bonchev–Trinajstić information content (AvgIpc) is 2.08. The van der Waals surface area contributed by atoms with Gasteiger partial charge in [-0.15, -0.1) is 0 Å². The zero-order valence-corrected chi connectivity index (χ0v) is 11.1. The van der Waals surface area contributed by atoms with Crippen LogP contribution in [0.25, 0.3) is 0 Å². The van der Waals surface area contributed by atoms with E-state index in [0.717, 1.165) is 6.26 Å². The predicted molar refractivity (Wildman–Crippen MR) is 67.4 cm³/mol. The fourth-order valence-electron chi connectivity index (χ4n) is 0.844. The molecule has 0 unspecified atom stereocenters. The van der Waals surface area contributed by atoms with Crippen molar-refractivity contribution in [1.29, 1.82) is 0 Å². The van der Waals surface area contributed by atoms with Crippen LogP contribution in [-0.4, -0.2) is 20.0 Å². The fourth-order valence-corrected chi connectivity index (χ4v) is 2.01. The van der Waals surface area contributed by atoms with Gasteiger partial charge < -0.3 is 0 Å². The van der Waals surface area contributed by atoms with Crippen molar-refractivity contribution in [3.05, 3.63) is 28.2 Å². The Bertz CT molecular complexity index is 528. The minimum atomic E-state index is -3.43. The van der Waals surface area contributed by atoms with Crippen LogP contribution in [0.4, 0.5) is 5.69 Å². The molecule has 1 aromatic rings. The first-order valence-electron chi connectivity index (χ1n) is 3.95. The topological polar surface area (TPSA) is 58.5 Å². The van der Waals surface area contributed by atoms with Crippen LogP contribution in [0.1, 0.15) is 0 Å². The molecule has 0 fully saturated rings. The number of aliphatic imine (C=N–C) groups is 1. The summed E-state index contributed by atoms with van der Waals surface area (Å²) in [6.07, 6.45) is 0.972. The molecule has 0 radical (unpaired) electrons. The van der Waals surface area contributed by atoms with Crippen molar-refractivity contribution >= 4 is 55.8 Å². The summed E-state index contributed by atoms with van der Waals surface area (Å²) in [5.74, 6) is 0. The summed E-state index contributed by atoms with van der Waals surface area (Å²) < 4.78 is 23.7. The average molecular weight is 302 g/mol. The monoisotopic (exact) mass is 300 g/mol. The van der Waals surface area contributed by atoms with E-state index in [9.17, 15) is 8.42 Å². The van der Waals surface area contributed by atoms with Crippen molar-refractivity contribution in [3.8, 4) is 0 Å². The molecule has 0 aliphatic heterocycles. The second-order valence-corrected chi connectivity index (χ2v) is 5.80. The highest BCUT2D eigenvalue weighted by molar-refractivity contribution is 7.89. The van der Waals surface area contributed by atoms with Gasteiger partial charge in [-0.2, -0.15) is 0 Å². The molecule has 1 aromatic carbocycles. The summed E-state index contributed by atoms with van der Waals surface area (Å²) in [6, 6.07) is 4.56. The molecule has 0 aromatic heterocycles. The number of rotatable bonds is 2. The highest BCUT2D eigenvalue weighted by atomic mass is 35.5. The first kappa shape index (κ1) is 13.6. The Morgan fingerprint density at radius 1 is 1.31 bits per heavy atom. The molecule has 0 spiro atoms. The summed E-state index contributed by atoms with van der Waals surface area (Å²) >= 11 is 17.0. The van der Waals surface area contributed by atoms with E-state index >= 15 is 0 Å². The van der Waals surface area contributed by atoms with Crippen LogP contribution < -0.4 is 4.72 Å². The molecule has 0 aliphatic rings. The Balaban J connectivity index is 2.95. The molecule has 88 valence electrons. The Hall–Kier alpha value is -0.490. The van der Waals surface area contributed by atoms with Crippen molar-refractivity contribution in [1.82, 2.24) is 4.72 Å². The maximum absolute atomic E-state index is 10.8. The van der Waals surface area contributed by atoms with E-state index < -0.39 is 10.0 Å². The van der Waals surface area contributed by atoms with Crippen LogP contribution in [0, 0.1) is 0 Å². The number of benzene rings is 1. The lowest BCUT2D eigenvalue weighted by Gasteiger charge is -2.01. The van der Waals surface area contributed by atoms with E-state index in [1.165, 1.54) is 12.1 Å². The molecule has 1 N–H and O–H groups in total. The van der Waals surface area contributed by atoms with Gasteiger partial charge in [0, 0.05) is 0 Å². The second kappa shape index (κ2) is 5.23. The summed E-state index contributed by atoms with van der Waals surface area (Å²) in [7, 11) is -3.43. The molecule has 0 heterocycles. The van der Waals surface area contributed by atoms with Gasteiger partial charge in [0.2, 0.25) is 15.3 Å². The van der Waals surface area contributed by atoms with Crippen LogP contribution in [0.5, 0.6) is 0 Å². The summed E-state index contributed by atoms with van der Waals surface area (Å²) in [5.41, 5.74) is 0.399. The Kier molecular flexibility index (Phi) is 4.43. The molecular formula is C8H7Cl3N2O2S.